The Balaban J connectivity index is 1.36. The van der Waals surface area contributed by atoms with Crippen LogP contribution in [0.3, 0.4) is 0 Å². The predicted octanol–water partition coefficient (Wildman–Crippen LogP) is 3.31. The average molecular weight is 503 g/mol. The second-order valence-electron chi connectivity index (χ2n) is 8.96. The Morgan fingerprint density at radius 1 is 1.18 bits per heavy atom. The summed E-state index contributed by atoms with van der Waals surface area (Å²) in [6.07, 6.45) is 1.76. The van der Waals surface area contributed by atoms with Crippen molar-refractivity contribution in [2.45, 2.75) is 56.2 Å². The lowest BCUT2D eigenvalue weighted by atomic mass is 9.60. The summed E-state index contributed by atoms with van der Waals surface area (Å²) >= 11 is 11.9. The number of carbonyl (C=O) groups is 2. The fourth-order valence-corrected chi connectivity index (χ4v) is 5.09. The number of aryl methyl sites for hydroxylation is 1. The van der Waals surface area contributed by atoms with E-state index in [4.69, 9.17) is 33.2 Å². The zero-order valence-electron chi connectivity index (χ0n) is 18.5. The molecule has 34 heavy (non-hydrogen) atoms. The highest BCUT2D eigenvalue weighted by molar-refractivity contribution is 6.42. The number of benzene rings is 1. The van der Waals surface area contributed by atoms with Crippen LogP contribution in [-0.2, 0) is 4.79 Å². The van der Waals surface area contributed by atoms with Gasteiger partial charge in [-0.15, -0.1) is 0 Å². The highest BCUT2D eigenvalue weighted by Crippen LogP contribution is 2.47. The van der Waals surface area contributed by atoms with E-state index >= 15 is 0 Å². The van der Waals surface area contributed by atoms with Gasteiger partial charge in [-0.25, -0.2) is 4.98 Å². The lowest BCUT2D eigenvalue weighted by molar-refractivity contribution is -0.132. The Labute approximate surface area is 207 Å². The van der Waals surface area contributed by atoms with Crippen LogP contribution in [0.15, 0.2) is 30.3 Å². The van der Waals surface area contributed by atoms with Gasteiger partial charge in [0.05, 0.1) is 32.9 Å². The molecule has 10 heteroatoms. The van der Waals surface area contributed by atoms with Crippen LogP contribution >= 0.6 is 23.2 Å². The van der Waals surface area contributed by atoms with Crippen LogP contribution in [0.1, 0.15) is 53.8 Å². The van der Waals surface area contributed by atoms with Gasteiger partial charge in [0.2, 0.25) is 0 Å². The van der Waals surface area contributed by atoms with E-state index in [-0.39, 0.29) is 24.1 Å². The number of nitriles is 1. The molecular formula is C24H24Cl2N4O4. The van der Waals surface area contributed by atoms with Crippen molar-refractivity contribution in [3.8, 4) is 11.8 Å². The van der Waals surface area contributed by atoms with Crippen molar-refractivity contribution in [2.75, 3.05) is 6.61 Å². The third-order valence-corrected chi connectivity index (χ3v) is 7.53. The van der Waals surface area contributed by atoms with Gasteiger partial charge in [0.1, 0.15) is 17.5 Å². The first-order valence-corrected chi connectivity index (χ1v) is 11.7. The van der Waals surface area contributed by atoms with Crippen molar-refractivity contribution in [1.29, 1.82) is 5.26 Å². The molecular weight excluding hydrogens is 479 g/mol. The van der Waals surface area contributed by atoms with E-state index in [1.165, 1.54) is 12.1 Å². The summed E-state index contributed by atoms with van der Waals surface area (Å²) in [6, 6.07) is 9.88. The Hall–Kier alpha value is -2.86. The van der Waals surface area contributed by atoms with Crippen LogP contribution in [0.25, 0.3) is 0 Å². The minimum absolute atomic E-state index is 0.224. The van der Waals surface area contributed by atoms with Crippen molar-refractivity contribution < 1.29 is 19.4 Å². The number of nitrogens with one attached hydrogen (secondary N) is 2. The normalized spacial score (nSPS) is 25.3. The average Bonchev–Trinajstić information content (AvgIpc) is 2.81. The summed E-state index contributed by atoms with van der Waals surface area (Å²) in [5, 5.41) is 26.7. The standard InChI is InChI=1S/C24H24Cl2N4O4/c1-14-15(12-27)2-5-19(28-14)22(33)30-23-6-8-24(9-7-23,20(31)11-23)29-21(32)13-34-16-3-4-17(25)18(26)10-16/h2-5,10,20,31H,6-9,11,13H2,1H3,(H,29,32)(H,30,33)/t20-,23?,24?/m1/s1. The van der Waals surface area contributed by atoms with Gasteiger partial charge in [0.25, 0.3) is 11.8 Å². The van der Waals surface area contributed by atoms with Crippen molar-refractivity contribution in [1.82, 2.24) is 15.6 Å². The van der Waals surface area contributed by atoms with Crippen molar-refractivity contribution >= 4 is 35.0 Å². The van der Waals surface area contributed by atoms with E-state index in [0.29, 0.717) is 59.2 Å². The quantitative estimate of drug-likeness (QED) is 0.556. The Kier molecular flexibility index (Phi) is 6.72. The third kappa shape index (κ3) is 4.83. The molecule has 5 rings (SSSR count). The molecule has 178 valence electrons. The molecule has 0 radical (unpaired) electrons. The molecule has 3 aliphatic carbocycles. The van der Waals surface area contributed by atoms with Gasteiger partial charge in [-0.1, -0.05) is 23.2 Å². The first-order chi connectivity index (χ1) is 16.2. The van der Waals surface area contributed by atoms with Gasteiger partial charge >= 0.3 is 0 Å². The molecule has 0 aliphatic heterocycles. The molecule has 2 bridgehead atoms. The van der Waals surface area contributed by atoms with Crippen molar-refractivity contribution in [2.24, 2.45) is 0 Å². The Bertz CT molecular complexity index is 1170. The molecule has 1 aromatic heterocycles. The number of aromatic nitrogens is 1. The zero-order valence-corrected chi connectivity index (χ0v) is 20.0. The summed E-state index contributed by atoms with van der Waals surface area (Å²) < 4.78 is 5.51. The number of fused-ring (bicyclic) bond motifs is 3. The zero-order chi connectivity index (χ0) is 24.5. The monoisotopic (exact) mass is 502 g/mol. The number of aliphatic hydroxyl groups excluding tert-OH is 1. The van der Waals surface area contributed by atoms with Gasteiger partial charge in [-0.3, -0.25) is 9.59 Å². The number of rotatable bonds is 6. The fraction of sp³-hybridized carbons (Fsp3) is 0.417. The summed E-state index contributed by atoms with van der Waals surface area (Å²) in [5.74, 6) is -0.266. The van der Waals surface area contributed by atoms with Gasteiger partial charge in [-0.2, -0.15) is 5.26 Å². The topological polar surface area (TPSA) is 124 Å². The van der Waals surface area contributed by atoms with E-state index in [1.807, 2.05) is 6.07 Å². The SMILES string of the molecule is Cc1nc(C(=O)NC23CCC(NC(=O)COc4ccc(Cl)c(Cl)c4)(CC2)[C@H](O)C3)ccc1C#N. The highest BCUT2D eigenvalue weighted by atomic mass is 35.5. The van der Waals surface area contributed by atoms with E-state index in [0.717, 1.165) is 0 Å². The molecule has 3 fully saturated rings. The molecule has 8 nitrogen and oxygen atoms in total. The second kappa shape index (κ2) is 9.41. The maximum atomic E-state index is 12.8. The van der Waals surface area contributed by atoms with Crippen LogP contribution in [0.4, 0.5) is 0 Å². The summed E-state index contributed by atoms with van der Waals surface area (Å²) in [6.45, 7) is 1.46. The largest absolute Gasteiger partial charge is 0.484 e. The van der Waals surface area contributed by atoms with E-state index in [1.54, 1.807) is 25.1 Å². The fourth-order valence-electron chi connectivity index (χ4n) is 4.80. The first-order valence-electron chi connectivity index (χ1n) is 10.9. The molecule has 1 heterocycles. The molecule has 0 unspecified atom stereocenters. The number of amides is 2. The highest BCUT2D eigenvalue weighted by Gasteiger charge is 2.55. The molecule has 3 N–H and O–H groups in total. The first kappa shape index (κ1) is 24.3. The minimum atomic E-state index is -0.820. The van der Waals surface area contributed by atoms with Gasteiger partial charge in [0.15, 0.2) is 6.61 Å². The minimum Gasteiger partial charge on any atom is -0.484 e. The molecule has 0 saturated heterocycles. The van der Waals surface area contributed by atoms with Crippen LogP contribution in [0.5, 0.6) is 5.75 Å². The predicted molar refractivity (Wildman–Crippen MR) is 126 cm³/mol. The van der Waals surface area contributed by atoms with Crippen LogP contribution in [0.2, 0.25) is 10.0 Å². The number of nitrogens with zero attached hydrogens (tertiary/aromatic N) is 2. The van der Waals surface area contributed by atoms with Crippen LogP contribution < -0.4 is 15.4 Å². The number of hydrogen-bond donors (Lipinski definition) is 3. The summed E-state index contributed by atoms with van der Waals surface area (Å²) in [5.41, 5.74) is -0.180. The van der Waals surface area contributed by atoms with Crippen LogP contribution in [-0.4, -0.2) is 45.7 Å². The lowest BCUT2D eigenvalue weighted by Crippen LogP contribution is -2.70. The Morgan fingerprint density at radius 2 is 1.91 bits per heavy atom. The second-order valence-corrected chi connectivity index (χ2v) is 9.78. The number of aliphatic hydroxyl groups is 1. The Morgan fingerprint density at radius 3 is 2.53 bits per heavy atom. The maximum absolute atomic E-state index is 12.8. The summed E-state index contributed by atoms with van der Waals surface area (Å²) in [7, 11) is 0. The number of pyridine rings is 1. The molecule has 1 atom stereocenters. The van der Waals surface area contributed by atoms with Gasteiger partial charge in [-0.05, 0) is 63.3 Å². The molecule has 3 aliphatic rings. The van der Waals surface area contributed by atoms with Gasteiger partial charge in [0, 0.05) is 11.6 Å². The van der Waals surface area contributed by atoms with Gasteiger partial charge < -0.3 is 20.5 Å². The van der Waals surface area contributed by atoms with Crippen molar-refractivity contribution in [3.05, 3.63) is 57.3 Å². The molecule has 2 amide bonds. The number of halogens is 2. The van der Waals surface area contributed by atoms with E-state index < -0.39 is 17.2 Å². The third-order valence-electron chi connectivity index (χ3n) is 6.79. The van der Waals surface area contributed by atoms with E-state index in [9.17, 15) is 14.7 Å². The molecule has 0 spiro atoms. The maximum Gasteiger partial charge on any atom is 0.270 e. The molecule has 3 saturated carbocycles. The lowest BCUT2D eigenvalue weighted by Gasteiger charge is -2.56. The van der Waals surface area contributed by atoms with Crippen LogP contribution in [0, 0.1) is 18.3 Å². The van der Waals surface area contributed by atoms with E-state index in [2.05, 4.69) is 15.6 Å². The molecule has 2 aromatic rings. The number of ether oxygens (including phenoxy) is 1. The molecule has 1 aromatic carbocycles. The van der Waals surface area contributed by atoms with Crippen molar-refractivity contribution in [3.63, 3.8) is 0 Å². The number of hydrogen-bond acceptors (Lipinski definition) is 6. The summed E-state index contributed by atoms with van der Waals surface area (Å²) in [4.78, 5) is 29.6. The number of carbonyl (C=O) groups excluding carboxylic acids is 2. The smallest absolute Gasteiger partial charge is 0.270 e.